The summed E-state index contributed by atoms with van der Waals surface area (Å²) in [6, 6.07) is 0. The van der Waals surface area contributed by atoms with Crippen LogP contribution in [0.15, 0.2) is 0 Å². The summed E-state index contributed by atoms with van der Waals surface area (Å²) in [5, 5.41) is 8.80. The average Bonchev–Trinajstić information content (AvgIpc) is 2.24. The number of hydrogen-bond acceptors (Lipinski definition) is 3. The Morgan fingerprint density at radius 3 is 2.44 bits per heavy atom. The molecular formula is C12H23NO2S. The number of likely N-dealkylation sites (tertiary alicyclic amines) is 1. The van der Waals surface area contributed by atoms with Crippen LogP contribution in [0.5, 0.6) is 0 Å². The van der Waals surface area contributed by atoms with Crippen LogP contribution >= 0.6 is 11.8 Å². The number of aliphatic carboxylic acids is 1. The van der Waals surface area contributed by atoms with E-state index < -0.39 is 5.97 Å². The van der Waals surface area contributed by atoms with Crippen LogP contribution in [0.2, 0.25) is 0 Å². The molecular weight excluding hydrogens is 222 g/mol. The van der Waals surface area contributed by atoms with Crippen molar-refractivity contribution >= 4 is 17.7 Å². The first-order valence-corrected chi connectivity index (χ1v) is 7.23. The molecule has 4 heteroatoms. The first-order chi connectivity index (χ1) is 7.61. The molecule has 1 aliphatic heterocycles. The summed E-state index contributed by atoms with van der Waals surface area (Å²) in [4.78, 5) is 13.4. The molecule has 1 unspecified atom stereocenters. The summed E-state index contributed by atoms with van der Waals surface area (Å²) >= 11 is 1.59. The van der Waals surface area contributed by atoms with Gasteiger partial charge in [0.15, 0.2) is 0 Å². The molecule has 0 spiro atoms. The molecule has 1 heterocycles. The van der Waals surface area contributed by atoms with Crippen molar-refractivity contribution in [3.05, 3.63) is 0 Å². The average molecular weight is 245 g/mol. The van der Waals surface area contributed by atoms with Crippen LogP contribution in [0.1, 0.15) is 33.1 Å². The molecule has 16 heavy (non-hydrogen) atoms. The fraction of sp³-hybridized carbons (Fsp3) is 0.917. The van der Waals surface area contributed by atoms with Gasteiger partial charge in [-0.3, -0.25) is 4.79 Å². The number of piperidine rings is 1. The minimum Gasteiger partial charge on any atom is -0.480 e. The van der Waals surface area contributed by atoms with Gasteiger partial charge in [0.25, 0.3) is 0 Å². The van der Waals surface area contributed by atoms with Crippen molar-refractivity contribution in [2.45, 2.75) is 38.4 Å². The first kappa shape index (κ1) is 13.8. The Morgan fingerprint density at radius 1 is 1.31 bits per heavy atom. The second kappa shape index (κ2) is 7.17. The van der Waals surface area contributed by atoms with Crippen molar-refractivity contribution in [1.82, 2.24) is 4.90 Å². The van der Waals surface area contributed by atoms with Crippen molar-refractivity contribution in [2.24, 2.45) is 5.92 Å². The third-order valence-electron chi connectivity index (χ3n) is 3.00. The zero-order chi connectivity index (χ0) is 12.0. The predicted molar refractivity (Wildman–Crippen MR) is 69.0 cm³/mol. The SMILES string of the molecule is CC(C)C(SCCN1CCCCC1)C(=O)O. The monoisotopic (exact) mass is 245 g/mol. The molecule has 0 radical (unpaired) electrons. The highest BCUT2D eigenvalue weighted by Gasteiger charge is 2.22. The van der Waals surface area contributed by atoms with E-state index in [1.54, 1.807) is 11.8 Å². The van der Waals surface area contributed by atoms with Gasteiger partial charge in [0.2, 0.25) is 0 Å². The highest BCUT2D eigenvalue weighted by molar-refractivity contribution is 8.00. The predicted octanol–water partition coefficient (Wildman–Crippen LogP) is 2.31. The van der Waals surface area contributed by atoms with E-state index in [1.165, 1.54) is 32.4 Å². The van der Waals surface area contributed by atoms with E-state index in [0.29, 0.717) is 0 Å². The lowest BCUT2D eigenvalue weighted by molar-refractivity contribution is -0.137. The summed E-state index contributed by atoms with van der Waals surface area (Å²) in [5.74, 6) is 0.484. The molecule has 0 aromatic carbocycles. The first-order valence-electron chi connectivity index (χ1n) is 6.18. The number of carboxylic acid groups (broad SMARTS) is 1. The van der Waals surface area contributed by atoms with E-state index in [0.717, 1.165) is 12.3 Å². The molecule has 0 saturated carbocycles. The Bertz CT molecular complexity index is 215. The molecule has 1 saturated heterocycles. The zero-order valence-corrected chi connectivity index (χ0v) is 11.1. The number of carbonyl (C=O) groups is 1. The molecule has 1 fully saturated rings. The molecule has 1 N–H and O–H groups in total. The molecule has 1 aliphatic rings. The number of carboxylic acids is 1. The van der Waals surface area contributed by atoms with Gasteiger partial charge in [0, 0.05) is 12.3 Å². The zero-order valence-electron chi connectivity index (χ0n) is 10.3. The normalized spacial score (nSPS) is 19.9. The molecule has 0 aromatic heterocycles. The van der Waals surface area contributed by atoms with E-state index >= 15 is 0 Å². The Labute approximate surface area is 103 Å². The van der Waals surface area contributed by atoms with E-state index in [2.05, 4.69) is 4.90 Å². The molecule has 3 nitrogen and oxygen atoms in total. The maximum atomic E-state index is 11.0. The topological polar surface area (TPSA) is 40.5 Å². The van der Waals surface area contributed by atoms with E-state index in [4.69, 9.17) is 5.11 Å². The lowest BCUT2D eigenvalue weighted by Gasteiger charge is -2.26. The van der Waals surface area contributed by atoms with Gasteiger partial charge < -0.3 is 10.0 Å². The van der Waals surface area contributed by atoms with E-state index in [-0.39, 0.29) is 11.2 Å². The molecule has 0 aliphatic carbocycles. The third-order valence-corrected chi connectivity index (χ3v) is 4.53. The van der Waals surface area contributed by atoms with Gasteiger partial charge in [-0.15, -0.1) is 11.8 Å². The molecule has 94 valence electrons. The van der Waals surface area contributed by atoms with Gasteiger partial charge >= 0.3 is 5.97 Å². The summed E-state index contributed by atoms with van der Waals surface area (Å²) in [5.41, 5.74) is 0. The van der Waals surface area contributed by atoms with Crippen LogP contribution in [0.3, 0.4) is 0 Å². The fourth-order valence-electron chi connectivity index (χ4n) is 2.04. The minimum absolute atomic E-state index is 0.212. The maximum Gasteiger partial charge on any atom is 0.316 e. The van der Waals surface area contributed by atoms with Crippen molar-refractivity contribution in [3.8, 4) is 0 Å². The van der Waals surface area contributed by atoms with Crippen LogP contribution in [-0.4, -0.2) is 46.6 Å². The van der Waals surface area contributed by atoms with Crippen LogP contribution in [-0.2, 0) is 4.79 Å². The minimum atomic E-state index is -0.668. The van der Waals surface area contributed by atoms with Gasteiger partial charge in [-0.05, 0) is 31.8 Å². The summed E-state index contributed by atoms with van der Waals surface area (Å²) in [6.07, 6.45) is 3.96. The van der Waals surface area contributed by atoms with Crippen molar-refractivity contribution in [1.29, 1.82) is 0 Å². The summed E-state index contributed by atoms with van der Waals surface area (Å²) in [7, 11) is 0. The molecule has 0 aromatic rings. The number of hydrogen-bond donors (Lipinski definition) is 1. The maximum absolute atomic E-state index is 11.0. The van der Waals surface area contributed by atoms with E-state index in [9.17, 15) is 4.79 Å². The quantitative estimate of drug-likeness (QED) is 0.779. The summed E-state index contributed by atoms with van der Waals surface area (Å²) in [6.45, 7) is 7.39. The standard InChI is InChI=1S/C12H23NO2S/c1-10(2)11(12(14)15)16-9-8-13-6-4-3-5-7-13/h10-11H,3-9H2,1-2H3,(H,14,15). The van der Waals surface area contributed by atoms with Gasteiger partial charge in [0.05, 0.1) is 0 Å². The Hall–Kier alpha value is -0.220. The summed E-state index contributed by atoms with van der Waals surface area (Å²) < 4.78 is 0. The smallest absolute Gasteiger partial charge is 0.316 e. The number of nitrogens with zero attached hydrogens (tertiary/aromatic N) is 1. The van der Waals surface area contributed by atoms with E-state index in [1.807, 2.05) is 13.8 Å². The molecule has 1 rings (SSSR count). The molecule has 0 bridgehead atoms. The Balaban J connectivity index is 2.19. The number of rotatable bonds is 6. The van der Waals surface area contributed by atoms with Gasteiger partial charge in [-0.1, -0.05) is 20.3 Å². The Kier molecular flexibility index (Phi) is 6.21. The van der Waals surface area contributed by atoms with Gasteiger partial charge in [0.1, 0.15) is 5.25 Å². The second-order valence-corrected chi connectivity index (χ2v) is 6.03. The van der Waals surface area contributed by atoms with Crippen LogP contribution < -0.4 is 0 Å². The second-order valence-electron chi connectivity index (χ2n) is 4.78. The fourth-order valence-corrected chi connectivity index (χ4v) is 3.19. The lowest BCUT2D eigenvalue weighted by atomic mass is 10.1. The van der Waals surface area contributed by atoms with Crippen molar-refractivity contribution in [2.75, 3.05) is 25.4 Å². The largest absolute Gasteiger partial charge is 0.480 e. The van der Waals surface area contributed by atoms with Crippen molar-refractivity contribution < 1.29 is 9.90 Å². The van der Waals surface area contributed by atoms with Crippen LogP contribution in [0, 0.1) is 5.92 Å². The van der Waals surface area contributed by atoms with Crippen LogP contribution in [0.4, 0.5) is 0 Å². The number of thioether (sulfide) groups is 1. The highest BCUT2D eigenvalue weighted by Crippen LogP contribution is 2.20. The lowest BCUT2D eigenvalue weighted by Crippen LogP contribution is -2.32. The van der Waals surface area contributed by atoms with Gasteiger partial charge in [-0.25, -0.2) is 0 Å². The van der Waals surface area contributed by atoms with Crippen molar-refractivity contribution in [3.63, 3.8) is 0 Å². The van der Waals surface area contributed by atoms with Gasteiger partial charge in [-0.2, -0.15) is 0 Å². The highest BCUT2D eigenvalue weighted by atomic mass is 32.2. The molecule has 0 amide bonds. The van der Waals surface area contributed by atoms with Crippen LogP contribution in [0.25, 0.3) is 0 Å². The third kappa shape index (κ3) is 4.74. The Morgan fingerprint density at radius 2 is 1.94 bits per heavy atom. The molecule has 1 atom stereocenters.